The van der Waals surface area contributed by atoms with Crippen molar-refractivity contribution in [3.05, 3.63) is 53.3 Å². The molecule has 2 aromatic rings. The maximum Gasteiger partial charge on any atom is 0.269 e. The highest BCUT2D eigenvalue weighted by Crippen LogP contribution is 2.23. The highest BCUT2D eigenvalue weighted by Gasteiger charge is 2.08. The molecule has 0 saturated heterocycles. The zero-order valence-corrected chi connectivity index (χ0v) is 14.3. The maximum absolute atomic E-state index is 12.0. The number of hydrogen-bond donors (Lipinski definition) is 2. The monoisotopic (exact) mass is 311 g/mol. The first-order valence-corrected chi connectivity index (χ1v) is 8.05. The molecule has 0 saturated carbocycles. The zero-order chi connectivity index (χ0) is 16.8. The van der Waals surface area contributed by atoms with E-state index in [2.05, 4.69) is 55.4 Å². The molecular formula is C19H25N3O. The summed E-state index contributed by atoms with van der Waals surface area (Å²) in [4.78, 5) is 16.3. The Bertz CT molecular complexity index is 643. The second kappa shape index (κ2) is 7.77. The normalized spacial score (nSPS) is 10.7. The van der Waals surface area contributed by atoms with E-state index in [1.807, 2.05) is 12.1 Å². The largest absolute Gasteiger partial charge is 0.354 e. The molecule has 1 aromatic carbocycles. The third-order valence-electron chi connectivity index (χ3n) is 3.75. The first-order valence-electron chi connectivity index (χ1n) is 8.05. The third-order valence-corrected chi connectivity index (χ3v) is 3.75. The molecule has 0 atom stereocenters. The molecule has 0 unspecified atom stereocenters. The predicted octanol–water partition coefficient (Wildman–Crippen LogP) is 4.22. The van der Waals surface area contributed by atoms with Crippen LogP contribution in [0.15, 0.2) is 36.5 Å². The van der Waals surface area contributed by atoms with Gasteiger partial charge < -0.3 is 10.6 Å². The molecule has 1 heterocycles. The van der Waals surface area contributed by atoms with Crippen LogP contribution in [0.4, 0.5) is 11.4 Å². The van der Waals surface area contributed by atoms with E-state index < -0.39 is 0 Å². The van der Waals surface area contributed by atoms with Crippen LogP contribution in [0.5, 0.6) is 0 Å². The molecule has 0 radical (unpaired) electrons. The minimum absolute atomic E-state index is 0.121. The molecule has 122 valence electrons. The van der Waals surface area contributed by atoms with Gasteiger partial charge in [0.25, 0.3) is 5.91 Å². The summed E-state index contributed by atoms with van der Waals surface area (Å²) in [6, 6.07) is 9.81. The molecular weight excluding hydrogens is 286 g/mol. The van der Waals surface area contributed by atoms with Crippen molar-refractivity contribution >= 4 is 17.3 Å². The SMILES string of the molecule is Cc1cccc(C)c1Nc1ccc(C(=O)NCCC(C)C)nc1. The number of anilines is 2. The molecule has 0 aliphatic rings. The summed E-state index contributed by atoms with van der Waals surface area (Å²) in [6.45, 7) is 9.09. The Morgan fingerprint density at radius 1 is 1.13 bits per heavy atom. The molecule has 0 aliphatic heterocycles. The lowest BCUT2D eigenvalue weighted by Crippen LogP contribution is -2.26. The molecule has 1 amide bonds. The third kappa shape index (κ3) is 4.81. The number of aromatic nitrogens is 1. The number of hydrogen-bond acceptors (Lipinski definition) is 3. The topological polar surface area (TPSA) is 54.0 Å². The number of nitrogens with one attached hydrogen (secondary N) is 2. The molecule has 4 heteroatoms. The predicted molar refractivity (Wildman–Crippen MR) is 95.2 cm³/mol. The quantitative estimate of drug-likeness (QED) is 0.840. The molecule has 0 fully saturated rings. The van der Waals surface area contributed by atoms with Crippen molar-refractivity contribution in [1.82, 2.24) is 10.3 Å². The minimum Gasteiger partial charge on any atom is -0.354 e. The van der Waals surface area contributed by atoms with Gasteiger partial charge >= 0.3 is 0 Å². The van der Waals surface area contributed by atoms with Crippen LogP contribution in [0.1, 0.15) is 41.9 Å². The van der Waals surface area contributed by atoms with Gasteiger partial charge in [-0.15, -0.1) is 0 Å². The number of para-hydroxylation sites is 1. The highest BCUT2D eigenvalue weighted by atomic mass is 16.1. The van der Waals surface area contributed by atoms with E-state index in [0.29, 0.717) is 18.2 Å². The van der Waals surface area contributed by atoms with Gasteiger partial charge in [-0.3, -0.25) is 4.79 Å². The lowest BCUT2D eigenvalue weighted by Gasteiger charge is -2.12. The first kappa shape index (κ1) is 17.0. The van der Waals surface area contributed by atoms with Gasteiger partial charge in [0.15, 0.2) is 0 Å². The molecule has 23 heavy (non-hydrogen) atoms. The average molecular weight is 311 g/mol. The fraction of sp³-hybridized carbons (Fsp3) is 0.368. The summed E-state index contributed by atoms with van der Waals surface area (Å²) in [5.41, 5.74) is 4.77. The summed E-state index contributed by atoms with van der Waals surface area (Å²) in [5.74, 6) is 0.455. The van der Waals surface area contributed by atoms with E-state index in [0.717, 1.165) is 17.8 Å². The number of benzene rings is 1. The fourth-order valence-corrected chi connectivity index (χ4v) is 2.32. The number of amides is 1. The Labute approximate surface area is 138 Å². The Hall–Kier alpha value is -2.36. The van der Waals surface area contributed by atoms with E-state index in [1.54, 1.807) is 12.3 Å². The van der Waals surface area contributed by atoms with Gasteiger partial charge in [-0.25, -0.2) is 4.98 Å². The van der Waals surface area contributed by atoms with E-state index in [-0.39, 0.29) is 5.91 Å². The van der Waals surface area contributed by atoms with Crippen molar-refractivity contribution in [2.24, 2.45) is 5.92 Å². The van der Waals surface area contributed by atoms with Gasteiger partial charge in [-0.1, -0.05) is 32.0 Å². The van der Waals surface area contributed by atoms with Crippen molar-refractivity contribution in [3.63, 3.8) is 0 Å². The fourth-order valence-electron chi connectivity index (χ4n) is 2.32. The van der Waals surface area contributed by atoms with Crippen LogP contribution in [-0.4, -0.2) is 17.4 Å². The van der Waals surface area contributed by atoms with Gasteiger partial charge in [-0.05, 0) is 49.4 Å². The van der Waals surface area contributed by atoms with E-state index >= 15 is 0 Å². The average Bonchev–Trinajstić information content (AvgIpc) is 2.51. The summed E-state index contributed by atoms with van der Waals surface area (Å²) >= 11 is 0. The number of nitrogens with zero attached hydrogens (tertiary/aromatic N) is 1. The summed E-state index contributed by atoms with van der Waals surface area (Å²) in [7, 11) is 0. The number of rotatable bonds is 6. The van der Waals surface area contributed by atoms with Crippen LogP contribution in [0, 0.1) is 19.8 Å². The van der Waals surface area contributed by atoms with Gasteiger partial charge in [0.2, 0.25) is 0 Å². The van der Waals surface area contributed by atoms with Crippen molar-refractivity contribution in [3.8, 4) is 0 Å². The van der Waals surface area contributed by atoms with E-state index in [9.17, 15) is 4.79 Å². The molecule has 4 nitrogen and oxygen atoms in total. The summed E-state index contributed by atoms with van der Waals surface area (Å²) < 4.78 is 0. The zero-order valence-electron chi connectivity index (χ0n) is 14.3. The maximum atomic E-state index is 12.0. The van der Waals surface area contributed by atoms with Crippen LogP contribution in [-0.2, 0) is 0 Å². The molecule has 2 rings (SSSR count). The molecule has 0 spiro atoms. The van der Waals surface area contributed by atoms with Crippen molar-refractivity contribution in [2.75, 3.05) is 11.9 Å². The van der Waals surface area contributed by atoms with Crippen molar-refractivity contribution in [1.29, 1.82) is 0 Å². The van der Waals surface area contributed by atoms with Crippen LogP contribution in [0.3, 0.4) is 0 Å². The summed E-state index contributed by atoms with van der Waals surface area (Å²) in [6.07, 6.45) is 2.67. The van der Waals surface area contributed by atoms with Crippen LogP contribution < -0.4 is 10.6 Å². The molecule has 0 aliphatic carbocycles. The van der Waals surface area contributed by atoms with Crippen LogP contribution in [0.2, 0.25) is 0 Å². The molecule has 0 bridgehead atoms. The summed E-state index contributed by atoms with van der Waals surface area (Å²) in [5, 5.41) is 6.27. The lowest BCUT2D eigenvalue weighted by atomic mass is 10.1. The van der Waals surface area contributed by atoms with Crippen LogP contribution in [0.25, 0.3) is 0 Å². The van der Waals surface area contributed by atoms with E-state index in [4.69, 9.17) is 0 Å². The Balaban J connectivity index is 2.01. The second-order valence-corrected chi connectivity index (χ2v) is 6.26. The number of pyridine rings is 1. The lowest BCUT2D eigenvalue weighted by molar-refractivity contribution is 0.0947. The number of carbonyl (C=O) groups is 1. The van der Waals surface area contributed by atoms with Gasteiger partial charge in [-0.2, -0.15) is 0 Å². The molecule has 1 aromatic heterocycles. The van der Waals surface area contributed by atoms with Gasteiger partial charge in [0.05, 0.1) is 11.9 Å². The second-order valence-electron chi connectivity index (χ2n) is 6.26. The van der Waals surface area contributed by atoms with Crippen molar-refractivity contribution < 1.29 is 4.79 Å². The highest BCUT2D eigenvalue weighted by molar-refractivity contribution is 5.92. The number of aryl methyl sites for hydroxylation is 2. The standard InChI is InChI=1S/C19H25N3O/c1-13(2)10-11-20-19(23)17-9-8-16(12-21-17)22-18-14(3)6-5-7-15(18)4/h5-9,12-13,22H,10-11H2,1-4H3,(H,20,23). The van der Waals surface area contributed by atoms with E-state index in [1.165, 1.54) is 11.1 Å². The smallest absolute Gasteiger partial charge is 0.269 e. The number of carbonyl (C=O) groups excluding carboxylic acids is 1. The minimum atomic E-state index is -0.121. The Morgan fingerprint density at radius 2 is 1.83 bits per heavy atom. The first-order chi connectivity index (χ1) is 11.0. The van der Waals surface area contributed by atoms with Gasteiger partial charge in [0, 0.05) is 12.2 Å². The van der Waals surface area contributed by atoms with Gasteiger partial charge in [0.1, 0.15) is 5.69 Å². The Morgan fingerprint density at radius 3 is 2.39 bits per heavy atom. The van der Waals surface area contributed by atoms with Crippen molar-refractivity contribution in [2.45, 2.75) is 34.1 Å². The Kier molecular flexibility index (Phi) is 5.74. The molecule has 2 N–H and O–H groups in total. The van der Waals surface area contributed by atoms with Crippen LogP contribution >= 0.6 is 0 Å².